The third-order valence-corrected chi connectivity index (χ3v) is 6.49. The fraction of sp³-hybridized carbons (Fsp3) is 0.667. The topological polar surface area (TPSA) is 32.8 Å². The lowest BCUT2D eigenvalue weighted by Gasteiger charge is -2.34. The Balaban J connectivity index is 1.46. The summed E-state index contributed by atoms with van der Waals surface area (Å²) >= 11 is 0. The van der Waals surface area contributed by atoms with E-state index in [1.165, 1.54) is 31.4 Å². The van der Waals surface area contributed by atoms with Crippen LogP contribution in [0.15, 0.2) is 24.3 Å². The number of likely N-dealkylation sites (N-methyl/N-ethyl adjacent to an activating group) is 1. The van der Waals surface area contributed by atoms with Crippen LogP contribution in [0.4, 0.5) is 0 Å². The van der Waals surface area contributed by atoms with E-state index in [2.05, 4.69) is 22.8 Å². The van der Waals surface area contributed by atoms with Crippen LogP contribution in [0, 0.1) is 5.92 Å². The molecule has 1 aromatic carbocycles. The number of carbonyl (C=O) groups is 1. The molecule has 1 aromatic rings. The van der Waals surface area contributed by atoms with E-state index in [-0.39, 0.29) is 5.92 Å². The number of hydrogen-bond donors (Lipinski definition) is 0. The molecule has 0 spiro atoms. The molecule has 0 N–H and O–H groups in total. The molecular weight excluding hydrogens is 312 g/mol. The van der Waals surface area contributed by atoms with Crippen LogP contribution >= 0.6 is 0 Å². The molecule has 4 rings (SSSR count). The van der Waals surface area contributed by atoms with Crippen molar-refractivity contribution in [2.45, 2.75) is 57.0 Å². The molecule has 3 fully saturated rings. The predicted octanol–water partition coefficient (Wildman–Crippen LogP) is 3.27. The van der Waals surface area contributed by atoms with Crippen LogP contribution in [0.1, 0.15) is 50.5 Å². The third-order valence-electron chi connectivity index (χ3n) is 6.49. The molecule has 1 saturated carbocycles. The average Bonchev–Trinajstić information content (AvgIpc) is 3.06. The van der Waals surface area contributed by atoms with Gasteiger partial charge in [-0.15, -0.1) is 0 Å². The number of amides is 1. The van der Waals surface area contributed by atoms with Gasteiger partial charge < -0.3 is 9.64 Å². The highest BCUT2D eigenvalue weighted by Gasteiger charge is 2.50. The molecule has 2 heterocycles. The minimum atomic E-state index is 0.161. The van der Waals surface area contributed by atoms with E-state index in [4.69, 9.17) is 4.74 Å². The zero-order valence-electron chi connectivity index (χ0n) is 15.5. The van der Waals surface area contributed by atoms with E-state index >= 15 is 0 Å². The number of para-hydroxylation sites is 1. The number of methoxy groups -OCH3 is 1. The highest BCUT2D eigenvalue weighted by molar-refractivity contribution is 5.84. The highest BCUT2D eigenvalue weighted by Crippen LogP contribution is 2.52. The first-order valence-corrected chi connectivity index (χ1v) is 9.92. The Morgan fingerprint density at radius 3 is 2.72 bits per heavy atom. The van der Waals surface area contributed by atoms with Crippen molar-refractivity contribution in [3.63, 3.8) is 0 Å². The van der Waals surface area contributed by atoms with Crippen LogP contribution in [0.5, 0.6) is 5.75 Å². The van der Waals surface area contributed by atoms with Gasteiger partial charge in [0.1, 0.15) is 5.75 Å². The van der Waals surface area contributed by atoms with Gasteiger partial charge >= 0.3 is 0 Å². The number of hydrogen-bond acceptors (Lipinski definition) is 3. The Labute approximate surface area is 151 Å². The van der Waals surface area contributed by atoms with Crippen LogP contribution in [0.25, 0.3) is 0 Å². The molecule has 1 amide bonds. The fourth-order valence-electron chi connectivity index (χ4n) is 5.14. The lowest BCUT2D eigenvalue weighted by atomic mass is 10.0. The van der Waals surface area contributed by atoms with Crippen LogP contribution in [0.2, 0.25) is 0 Å². The normalized spacial score (nSPS) is 32.2. The second-order valence-electron chi connectivity index (χ2n) is 7.77. The molecule has 1 aliphatic carbocycles. The summed E-state index contributed by atoms with van der Waals surface area (Å²) in [5, 5.41) is 0. The van der Waals surface area contributed by atoms with E-state index in [1.807, 2.05) is 18.2 Å². The summed E-state index contributed by atoms with van der Waals surface area (Å²) in [6.07, 6.45) is 5.85. The minimum Gasteiger partial charge on any atom is -0.496 e. The summed E-state index contributed by atoms with van der Waals surface area (Å²) in [6, 6.07) is 9.19. The minimum absolute atomic E-state index is 0.161. The molecule has 4 unspecified atom stereocenters. The van der Waals surface area contributed by atoms with Gasteiger partial charge in [0.25, 0.3) is 0 Å². The van der Waals surface area contributed by atoms with Gasteiger partial charge in [-0.2, -0.15) is 0 Å². The van der Waals surface area contributed by atoms with Gasteiger partial charge in [-0.1, -0.05) is 25.1 Å². The smallest absolute Gasteiger partial charge is 0.226 e. The Morgan fingerprint density at radius 1 is 1.16 bits per heavy atom. The summed E-state index contributed by atoms with van der Waals surface area (Å²) in [4.78, 5) is 18.0. The maximum absolute atomic E-state index is 13.2. The van der Waals surface area contributed by atoms with E-state index in [0.29, 0.717) is 23.9 Å². The zero-order chi connectivity index (χ0) is 17.4. The van der Waals surface area contributed by atoms with Crippen molar-refractivity contribution in [1.82, 2.24) is 9.80 Å². The number of benzene rings is 1. The molecule has 4 nitrogen and oxygen atoms in total. The molecule has 0 radical (unpaired) electrons. The average molecular weight is 342 g/mol. The van der Waals surface area contributed by atoms with Gasteiger partial charge in [0.15, 0.2) is 0 Å². The first-order valence-electron chi connectivity index (χ1n) is 9.92. The van der Waals surface area contributed by atoms with E-state index in [9.17, 15) is 4.79 Å². The van der Waals surface area contributed by atoms with Crippen molar-refractivity contribution in [3.8, 4) is 5.75 Å². The second-order valence-corrected chi connectivity index (χ2v) is 7.77. The first-order chi connectivity index (χ1) is 12.2. The van der Waals surface area contributed by atoms with E-state index in [1.54, 1.807) is 7.11 Å². The summed E-state index contributed by atoms with van der Waals surface area (Å²) in [7, 11) is 1.72. The van der Waals surface area contributed by atoms with Gasteiger partial charge in [0.2, 0.25) is 5.91 Å². The summed E-state index contributed by atoms with van der Waals surface area (Å²) in [5.41, 5.74) is 1.20. The standard InChI is InChI=1S/C21H30N2O2/c1-3-22-12-6-9-18(22)19-10-7-13-23(19)21(24)17-14-16(17)15-8-4-5-11-20(15)25-2/h4-5,8,11,16-19H,3,6-7,9-10,12-14H2,1-2H3. The Bertz CT molecular complexity index is 632. The van der Waals surface area contributed by atoms with Crippen molar-refractivity contribution in [2.75, 3.05) is 26.7 Å². The number of rotatable bonds is 5. The van der Waals surface area contributed by atoms with Gasteiger partial charge in [-0.3, -0.25) is 9.69 Å². The monoisotopic (exact) mass is 342 g/mol. The number of likely N-dealkylation sites (tertiary alicyclic amines) is 2. The van der Waals surface area contributed by atoms with Crippen LogP contribution < -0.4 is 4.74 Å². The van der Waals surface area contributed by atoms with Crippen LogP contribution in [-0.4, -0.2) is 54.5 Å². The Morgan fingerprint density at radius 2 is 1.92 bits per heavy atom. The molecule has 2 saturated heterocycles. The fourth-order valence-corrected chi connectivity index (χ4v) is 5.14. The van der Waals surface area contributed by atoms with Crippen molar-refractivity contribution >= 4 is 5.91 Å². The molecule has 136 valence electrons. The molecular formula is C21H30N2O2. The van der Waals surface area contributed by atoms with Gasteiger partial charge in [-0.25, -0.2) is 0 Å². The van der Waals surface area contributed by atoms with E-state index < -0.39 is 0 Å². The maximum atomic E-state index is 13.2. The van der Waals surface area contributed by atoms with Crippen LogP contribution in [-0.2, 0) is 4.79 Å². The van der Waals surface area contributed by atoms with Crippen molar-refractivity contribution in [1.29, 1.82) is 0 Å². The summed E-state index contributed by atoms with van der Waals surface area (Å²) < 4.78 is 5.50. The molecule has 0 aromatic heterocycles. The second kappa shape index (κ2) is 6.99. The highest BCUT2D eigenvalue weighted by atomic mass is 16.5. The van der Waals surface area contributed by atoms with Gasteiger partial charge in [0, 0.05) is 24.5 Å². The summed E-state index contributed by atoms with van der Waals surface area (Å²) in [6.45, 7) is 5.51. The SMILES string of the molecule is CCN1CCCC1C1CCCN1C(=O)C1CC1c1ccccc1OC. The number of carbonyl (C=O) groups excluding carboxylic acids is 1. The third kappa shape index (κ3) is 3.05. The van der Waals surface area contributed by atoms with Crippen molar-refractivity contribution in [3.05, 3.63) is 29.8 Å². The predicted molar refractivity (Wildman–Crippen MR) is 98.8 cm³/mol. The molecule has 4 atom stereocenters. The quantitative estimate of drug-likeness (QED) is 0.823. The summed E-state index contributed by atoms with van der Waals surface area (Å²) in [5.74, 6) is 1.82. The van der Waals surface area contributed by atoms with Crippen molar-refractivity contribution < 1.29 is 9.53 Å². The number of ether oxygens (including phenoxy) is 1. The first kappa shape index (κ1) is 16.9. The molecule has 0 bridgehead atoms. The largest absolute Gasteiger partial charge is 0.496 e. The lowest BCUT2D eigenvalue weighted by molar-refractivity contribution is -0.134. The number of nitrogens with zero attached hydrogens (tertiary/aromatic N) is 2. The van der Waals surface area contributed by atoms with Gasteiger partial charge in [0.05, 0.1) is 7.11 Å². The van der Waals surface area contributed by atoms with Crippen molar-refractivity contribution in [2.24, 2.45) is 5.92 Å². The van der Waals surface area contributed by atoms with Crippen LogP contribution in [0.3, 0.4) is 0 Å². The Kier molecular flexibility index (Phi) is 4.72. The molecule has 25 heavy (non-hydrogen) atoms. The zero-order valence-corrected chi connectivity index (χ0v) is 15.5. The van der Waals surface area contributed by atoms with E-state index in [0.717, 1.165) is 31.7 Å². The lowest BCUT2D eigenvalue weighted by Crippen LogP contribution is -2.48. The van der Waals surface area contributed by atoms with Gasteiger partial charge in [-0.05, 0) is 62.7 Å². The maximum Gasteiger partial charge on any atom is 0.226 e. The Hall–Kier alpha value is -1.55. The molecule has 4 heteroatoms. The molecule has 2 aliphatic heterocycles. The molecule has 3 aliphatic rings.